The Kier molecular flexibility index (Phi) is 5.54. The lowest BCUT2D eigenvalue weighted by atomic mass is 9.99. The maximum atomic E-state index is 14.4. The van der Waals surface area contributed by atoms with Gasteiger partial charge in [0.1, 0.15) is 23.7 Å². The van der Waals surface area contributed by atoms with Gasteiger partial charge in [-0.2, -0.15) is 5.10 Å². The zero-order valence-electron chi connectivity index (χ0n) is 14.6. The Hall–Kier alpha value is -2.75. The third-order valence-corrected chi connectivity index (χ3v) is 5.90. The molecule has 0 fully saturated rings. The fourth-order valence-corrected chi connectivity index (χ4v) is 4.51. The van der Waals surface area contributed by atoms with Crippen LogP contribution in [0.3, 0.4) is 0 Å². The number of esters is 1. The summed E-state index contributed by atoms with van der Waals surface area (Å²) in [6, 6.07) is 3.97. The minimum absolute atomic E-state index is 0.0928. The Labute approximate surface area is 156 Å². The van der Waals surface area contributed by atoms with Crippen LogP contribution in [0.25, 0.3) is 5.69 Å². The van der Waals surface area contributed by atoms with Crippen molar-refractivity contribution >= 4 is 21.7 Å². The molecular formula is C17H19FN4O4S. The summed E-state index contributed by atoms with van der Waals surface area (Å²) in [5, 5.41) is 2.81. The zero-order chi connectivity index (χ0) is 19.4. The molecule has 1 heterocycles. The first-order valence-electron chi connectivity index (χ1n) is 8.45. The van der Waals surface area contributed by atoms with E-state index >= 15 is 0 Å². The van der Waals surface area contributed by atoms with Gasteiger partial charge < -0.3 is 4.74 Å². The number of nitrogens with one attached hydrogen (secondary N) is 1. The molecule has 2 aromatic rings. The molecular weight excluding hydrogens is 375 g/mol. The van der Waals surface area contributed by atoms with Crippen molar-refractivity contribution in [3.63, 3.8) is 0 Å². The third-order valence-electron chi connectivity index (χ3n) is 4.16. The van der Waals surface area contributed by atoms with Gasteiger partial charge in [-0.3, -0.25) is 4.72 Å². The van der Waals surface area contributed by atoms with E-state index in [1.165, 1.54) is 29.5 Å². The Balaban J connectivity index is 1.84. The fraction of sp³-hybridized carbons (Fsp3) is 0.353. The molecule has 1 aromatic heterocycles. The van der Waals surface area contributed by atoms with Crippen LogP contribution in [0.15, 0.2) is 42.5 Å². The van der Waals surface area contributed by atoms with Gasteiger partial charge in [0.2, 0.25) is 10.0 Å². The normalized spacial score (nSPS) is 17.3. The third kappa shape index (κ3) is 4.16. The van der Waals surface area contributed by atoms with Crippen molar-refractivity contribution in [1.82, 2.24) is 14.8 Å². The first-order chi connectivity index (χ1) is 12.9. The van der Waals surface area contributed by atoms with Gasteiger partial charge in [0.15, 0.2) is 0 Å². The number of anilines is 1. The number of carbonyl (C=O) groups is 1. The van der Waals surface area contributed by atoms with E-state index in [0.717, 1.165) is 6.07 Å². The van der Waals surface area contributed by atoms with Crippen molar-refractivity contribution in [3.05, 3.63) is 48.3 Å². The smallest absolute Gasteiger partial charge is 0.335 e. The first-order valence-corrected chi connectivity index (χ1v) is 10.0. The van der Waals surface area contributed by atoms with Crippen LogP contribution in [0.4, 0.5) is 10.1 Å². The molecule has 8 nitrogen and oxygen atoms in total. The summed E-state index contributed by atoms with van der Waals surface area (Å²) < 4.78 is 48.6. The summed E-state index contributed by atoms with van der Waals surface area (Å²) >= 11 is 0. The Bertz CT molecular complexity index is 957. The number of halogens is 1. The number of nitrogens with zero attached hydrogens (tertiary/aromatic N) is 3. The van der Waals surface area contributed by atoms with Crippen molar-refractivity contribution < 1.29 is 22.3 Å². The van der Waals surface area contributed by atoms with Crippen LogP contribution >= 0.6 is 0 Å². The van der Waals surface area contributed by atoms with Gasteiger partial charge in [-0.25, -0.2) is 27.3 Å². The summed E-state index contributed by atoms with van der Waals surface area (Å²) in [7, 11) is -4.03. The lowest BCUT2D eigenvalue weighted by Gasteiger charge is -2.23. The molecule has 0 saturated carbocycles. The minimum atomic E-state index is -4.03. The van der Waals surface area contributed by atoms with Crippen LogP contribution in [0.2, 0.25) is 0 Å². The van der Waals surface area contributed by atoms with Crippen molar-refractivity contribution in [3.8, 4) is 5.69 Å². The second kappa shape index (κ2) is 7.87. The lowest BCUT2D eigenvalue weighted by molar-refractivity contribution is -0.138. The van der Waals surface area contributed by atoms with E-state index in [9.17, 15) is 17.6 Å². The fourth-order valence-electron chi connectivity index (χ4n) is 2.89. The van der Waals surface area contributed by atoms with E-state index in [4.69, 9.17) is 4.74 Å². The largest absolute Gasteiger partial charge is 0.463 e. The monoisotopic (exact) mass is 394 g/mol. The maximum absolute atomic E-state index is 14.4. The number of carbonyl (C=O) groups excluding carboxylic acids is 1. The van der Waals surface area contributed by atoms with Crippen LogP contribution in [-0.4, -0.2) is 41.0 Å². The number of ether oxygens (including phenoxy) is 1. The molecule has 1 aliphatic carbocycles. The van der Waals surface area contributed by atoms with Gasteiger partial charge in [-0.05, 0) is 38.3 Å². The predicted molar refractivity (Wildman–Crippen MR) is 96.2 cm³/mol. The van der Waals surface area contributed by atoms with E-state index in [0.29, 0.717) is 18.5 Å². The molecule has 0 amide bonds. The van der Waals surface area contributed by atoms with Gasteiger partial charge in [0.25, 0.3) is 0 Å². The van der Waals surface area contributed by atoms with E-state index < -0.39 is 27.1 Å². The zero-order valence-corrected chi connectivity index (χ0v) is 15.4. The summed E-state index contributed by atoms with van der Waals surface area (Å²) in [6.45, 7) is 1.80. The highest BCUT2D eigenvalue weighted by atomic mass is 32.2. The van der Waals surface area contributed by atoms with E-state index in [1.807, 2.05) is 0 Å². The van der Waals surface area contributed by atoms with Gasteiger partial charge in [-0.1, -0.05) is 6.08 Å². The summed E-state index contributed by atoms with van der Waals surface area (Å²) in [6.07, 6.45) is 5.76. The van der Waals surface area contributed by atoms with Gasteiger partial charge in [0.05, 0.1) is 23.6 Å². The van der Waals surface area contributed by atoms with Crippen LogP contribution in [0, 0.1) is 5.82 Å². The standard InChI is InChI=1S/C17H19FN4O4S/c1-2-26-17(23)13-5-3-4-6-16(13)27(24,25)21-15-8-7-12(9-14(15)18)22-11-19-10-20-22/h5,7-11,16,21H,2-4,6H2,1H3. The molecule has 1 atom stereocenters. The van der Waals surface area contributed by atoms with Crippen LogP contribution in [0.5, 0.6) is 0 Å². The molecule has 10 heteroatoms. The molecule has 1 unspecified atom stereocenters. The minimum Gasteiger partial charge on any atom is -0.463 e. The molecule has 0 aliphatic heterocycles. The van der Waals surface area contributed by atoms with E-state index in [1.54, 1.807) is 13.0 Å². The molecule has 0 saturated heterocycles. The molecule has 0 spiro atoms. The molecule has 1 N–H and O–H groups in total. The van der Waals surface area contributed by atoms with Crippen molar-refractivity contribution in [2.45, 2.75) is 31.4 Å². The number of benzene rings is 1. The van der Waals surface area contributed by atoms with Crippen molar-refractivity contribution in [1.29, 1.82) is 0 Å². The lowest BCUT2D eigenvalue weighted by Crippen LogP contribution is -2.34. The highest BCUT2D eigenvalue weighted by molar-refractivity contribution is 7.93. The molecule has 0 radical (unpaired) electrons. The van der Waals surface area contributed by atoms with E-state index in [2.05, 4.69) is 14.8 Å². The Morgan fingerprint density at radius 2 is 2.26 bits per heavy atom. The number of sulfonamides is 1. The Morgan fingerprint density at radius 1 is 1.44 bits per heavy atom. The second-order valence-corrected chi connectivity index (χ2v) is 7.81. The molecule has 27 heavy (non-hydrogen) atoms. The Morgan fingerprint density at radius 3 is 2.93 bits per heavy atom. The predicted octanol–water partition coefficient (Wildman–Crippen LogP) is 2.19. The molecule has 1 aliphatic rings. The molecule has 3 rings (SSSR count). The van der Waals surface area contributed by atoms with Gasteiger partial charge >= 0.3 is 5.97 Å². The van der Waals surface area contributed by atoms with Crippen LogP contribution in [0.1, 0.15) is 26.2 Å². The number of rotatable bonds is 6. The number of aromatic nitrogens is 3. The maximum Gasteiger partial charge on any atom is 0.335 e. The van der Waals surface area contributed by atoms with E-state index in [-0.39, 0.29) is 24.3 Å². The number of hydrogen-bond acceptors (Lipinski definition) is 6. The van der Waals surface area contributed by atoms with Gasteiger partial charge in [-0.15, -0.1) is 0 Å². The summed E-state index contributed by atoms with van der Waals surface area (Å²) in [4.78, 5) is 15.9. The molecule has 0 bridgehead atoms. The highest BCUT2D eigenvalue weighted by Crippen LogP contribution is 2.28. The first kappa shape index (κ1) is 19.0. The van der Waals surface area contributed by atoms with Crippen molar-refractivity contribution in [2.24, 2.45) is 0 Å². The average Bonchev–Trinajstić information content (AvgIpc) is 3.18. The number of allylic oxidation sites excluding steroid dienone is 1. The van der Waals surface area contributed by atoms with Crippen molar-refractivity contribution in [2.75, 3.05) is 11.3 Å². The summed E-state index contributed by atoms with van der Waals surface area (Å²) in [5.41, 5.74) is 0.292. The van der Waals surface area contributed by atoms with Gasteiger partial charge in [0, 0.05) is 6.07 Å². The quantitative estimate of drug-likeness (QED) is 0.754. The van der Waals surface area contributed by atoms with Crippen LogP contribution in [-0.2, 0) is 19.6 Å². The topological polar surface area (TPSA) is 103 Å². The molecule has 144 valence electrons. The average molecular weight is 394 g/mol. The summed E-state index contributed by atoms with van der Waals surface area (Å²) in [5.74, 6) is -1.42. The molecule has 1 aromatic carbocycles. The highest BCUT2D eigenvalue weighted by Gasteiger charge is 2.35. The SMILES string of the molecule is CCOC(=O)C1=CCCCC1S(=O)(=O)Nc1ccc(-n2cncn2)cc1F. The van der Waals surface area contributed by atoms with Crippen LogP contribution < -0.4 is 4.72 Å². The second-order valence-electron chi connectivity index (χ2n) is 5.95. The number of hydrogen-bond donors (Lipinski definition) is 1.